The largest absolute Gasteiger partial charge is 0.502 e. The Morgan fingerprint density at radius 2 is 1.73 bits per heavy atom. The van der Waals surface area contributed by atoms with Crippen LogP contribution in [0.25, 0.3) is 0 Å². The third-order valence-electron chi connectivity index (χ3n) is 3.27. The number of benzene rings is 2. The van der Waals surface area contributed by atoms with Gasteiger partial charge < -0.3 is 15.2 Å². The molecule has 2 aromatic carbocycles. The number of nitrogens with zero attached hydrogens (tertiary/aromatic N) is 2. The average Bonchev–Trinajstić information content (AvgIpc) is 2.58. The van der Waals surface area contributed by atoms with E-state index in [1.165, 1.54) is 18.7 Å². The summed E-state index contributed by atoms with van der Waals surface area (Å²) in [4.78, 5) is 29.5. The number of carbonyl (C=O) groups is 1. The van der Waals surface area contributed by atoms with Crippen molar-refractivity contribution in [1.82, 2.24) is 5.32 Å². The van der Waals surface area contributed by atoms with Crippen molar-refractivity contribution in [2.24, 2.45) is 0 Å². The highest BCUT2D eigenvalue weighted by molar-refractivity contribution is 5.70. The number of phenols is 1. The number of hydrogen-bond donors (Lipinski definition) is 2. The molecular formula is C16H17N3O7. The van der Waals surface area contributed by atoms with Gasteiger partial charge in [-0.1, -0.05) is 12.1 Å². The van der Waals surface area contributed by atoms with Gasteiger partial charge in [-0.2, -0.15) is 0 Å². The van der Waals surface area contributed by atoms with E-state index in [4.69, 9.17) is 9.84 Å². The Balaban J connectivity index is 0.000000260. The molecule has 1 amide bonds. The first-order chi connectivity index (χ1) is 12.2. The van der Waals surface area contributed by atoms with Crippen LogP contribution in [0.1, 0.15) is 11.1 Å². The summed E-state index contributed by atoms with van der Waals surface area (Å²) in [6.45, 7) is 3.99. The summed E-state index contributed by atoms with van der Waals surface area (Å²) in [5, 5.41) is 31.9. The molecule has 10 nitrogen and oxygen atoms in total. The number of nitrogens with one attached hydrogen (secondary N) is 1. The highest BCUT2D eigenvalue weighted by atomic mass is 16.6. The SMILES string of the molecule is CNC(=O)Oc1ccc(C)c(C)c1.O=[N+]([O-])c1cccc(O)c1[N+](=O)[O-]. The van der Waals surface area contributed by atoms with E-state index >= 15 is 0 Å². The number of carbonyl (C=O) groups excluding carboxylic acids is 1. The fraction of sp³-hybridized carbons (Fsp3) is 0.188. The van der Waals surface area contributed by atoms with E-state index in [0.29, 0.717) is 5.75 Å². The normalized spacial score (nSPS) is 9.50. The summed E-state index contributed by atoms with van der Waals surface area (Å²) in [5.41, 5.74) is 0.697. The van der Waals surface area contributed by atoms with Crippen LogP contribution in [0.3, 0.4) is 0 Å². The minimum atomic E-state index is -0.993. The second-order valence-corrected chi connectivity index (χ2v) is 5.04. The molecular weight excluding hydrogens is 346 g/mol. The molecule has 2 rings (SSSR count). The van der Waals surface area contributed by atoms with Crippen molar-refractivity contribution in [3.05, 3.63) is 67.8 Å². The molecule has 0 unspecified atom stereocenters. The summed E-state index contributed by atoms with van der Waals surface area (Å²) in [5.74, 6) is -0.137. The molecule has 0 heterocycles. The maximum Gasteiger partial charge on any atom is 0.412 e. The summed E-state index contributed by atoms with van der Waals surface area (Å²) < 4.78 is 4.95. The van der Waals surface area contributed by atoms with E-state index in [0.717, 1.165) is 17.7 Å². The number of para-hydroxylation sites is 1. The Hall–Kier alpha value is -3.69. The number of amides is 1. The third-order valence-corrected chi connectivity index (χ3v) is 3.27. The second kappa shape index (κ2) is 8.97. The standard InChI is InChI=1S/C10H13NO2.C6H4N2O5/c1-7-4-5-9(6-8(7)2)13-10(12)11-3;9-5-3-1-2-4(7(10)11)6(5)8(12)13/h4-6H,1-3H3,(H,11,12);1-3,9H. The Morgan fingerprint density at radius 3 is 2.19 bits per heavy atom. The van der Waals surface area contributed by atoms with Crippen molar-refractivity contribution < 1.29 is 24.5 Å². The van der Waals surface area contributed by atoms with Crippen LogP contribution in [0.4, 0.5) is 16.2 Å². The highest BCUT2D eigenvalue weighted by Gasteiger charge is 2.27. The van der Waals surface area contributed by atoms with Gasteiger partial charge in [-0.3, -0.25) is 20.2 Å². The minimum Gasteiger partial charge on any atom is -0.502 e. The molecule has 0 spiro atoms. The van der Waals surface area contributed by atoms with Crippen LogP contribution in [0.15, 0.2) is 36.4 Å². The predicted molar refractivity (Wildman–Crippen MR) is 92.4 cm³/mol. The van der Waals surface area contributed by atoms with E-state index in [2.05, 4.69) is 5.32 Å². The van der Waals surface area contributed by atoms with Crippen LogP contribution in [0.2, 0.25) is 0 Å². The van der Waals surface area contributed by atoms with Crippen molar-refractivity contribution >= 4 is 17.5 Å². The molecule has 0 saturated heterocycles. The van der Waals surface area contributed by atoms with Gasteiger partial charge in [-0.25, -0.2) is 4.79 Å². The van der Waals surface area contributed by atoms with Crippen molar-refractivity contribution in [3.8, 4) is 11.5 Å². The Kier molecular flexibility index (Phi) is 7.02. The maximum atomic E-state index is 10.8. The summed E-state index contributed by atoms with van der Waals surface area (Å²) in [6, 6.07) is 8.68. The van der Waals surface area contributed by atoms with Crippen LogP contribution in [-0.2, 0) is 0 Å². The number of phenolic OH excluding ortho intramolecular Hbond substituents is 1. The topological polar surface area (TPSA) is 145 Å². The summed E-state index contributed by atoms with van der Waals surface area (Å²) in [6.07, 6.45) is -0.441. The third kappa shape index (κ3) is 5.44. The lowest BCUT2D eigenvalue weighted by Gasteiger charge is -2.05. The van der Waals surface area contributed by atoms with E-state index < -0.39 is 33.1 Å². The molecule has 0 aromatic heterocycles. The Morgan fingerprint density at radius 1 is 1.08 bits per heavy atom. The molecule has 0 fully saturated rings. The zero-order chi connectivity index (χ0) is 19.9. The number of rotatable bonds is 3. The first kappa shape index (κ1) is 20.4. The van der Waals surface area contributed by atoms with E-state index in [1.807, 2.05) is 26.0 Å². The van der Waals surface area contributed by atoms with Gasteiger partial charge in [-0.05, 0) is 43.2 Å². The second-order valence-electron chi connectivity index (χ2n) is 5.04. The lowest BCUT2D eigenvalue weighted by atomic mass is 10.1. The molecule has 2 N–H and O–H groups in total. The van der Waals surface area contributed by atoms with Crippen LogP contribution in [0, 0.1) is 34.1 Å². The van der Waals surface area contributed by atoms with Gasteiger partial charge in [0.1, 0.15) is 5.75 Å². The quantitative estimate of drug-likeness (QED) is 0.629. The Bertz CT molecular complexity index is 837. The monoisotopic (exact) mass is 363 g/mol. The van der Waals surface area contributed by atoms with Gasteiger partial charge in [0.2, 0.25) is 5.75 Å². The van der Waals surface area contributed by atoms with Crippen molar-refractivity contribution in [3.63, 3.8) is 0 Å². The van der Waals surface area contributed by atoms with Crippen molar-refractivity contribution in [2.45, 2.75) is 13.8 Å². The number of aromatic hydroxyl groups is 1. The fourth-order valence-corrected chi connectivity index (χ4v) is 1.79. The molecule has 0 radical (unpaired) electrons. The Labute approximate surface area is 148 Å². The number of aryl methyl sites for hydroxylation is 2. The van der Waals surface area contributed by atoms with Gasteiger partial charge in [0.15, 0.2) is 0 Å². The van der Waals surface area contributed by atoms with Gasteiger partial charge >= 0.3 is 17.5 Å². The molecule has 0 aliphatic rings. The number of nitro benzene ring substituents is 2. The molecule has 0 aliphatic heterocycles. The number of nitro groups is 2. The van der Waals surface area contributed by atoms with Crippen molar-refractivity contribution in [1.29, 1.82) is 0 Å². The fourth-order valence-electron chi connectivity index (χ4n) is 1.79. The molecule has 0 atom stereocenters. The van der Waals surface area contributed by atoms with E-state index in [1.54, 1.807) is 6.07 Å². The predicted octanol–water partition coefficient (Wildman–Crippen LogP) is 3.23. The molecule has 0 bridgehead atoms. The summed E-state index contributed by atoms with van der Waals surface area (Å²) in [7, 11) is 1.53. The first-order valence-electron chi connectivity index (χ1n) is 7.25. The van der Waals surface area contributed by atoms with Gasteiger partial charge in [0, 0.05) is 13.1 Å². The average molecular weight is 363 g/mol. The van der Waals surface area contributed by atoms with Gasteiger partial charge in [0.25, 0.3) is 0 Å². The van der Waals surface area contributed by atoms with Crippen LogP contribution >= 0.6 is 0 Å². The van der Waals surface area contributed by atoms with Crippen LogP contribution in [0.5, 0.6) is 11.5 Å². The van der Waals surface area contributed by atoms with E-state index in [9.17, 15) is 25.0 Å². The molecule has 10 heteroatoms. The van der Waals surface area contributed by atoms with Gasteiger partial charge in [0.05, 0.1) is 9.85 Å². The molecule has 2 aromatic rings. The number of hydrogen-bond acceptors (Lipinski definition) is 7. The highest BCUT2D eigenvalue weighted by Crippen LogP contribution is 2.34. The molecule has 0 saturated carbocycles. The maximum absolute atomic E-state index is 10.8. The van der Waals surface area contributed by atoms with E-state index in [-0.39, 0.29) is 0 Å². The minimum absolute atomic E-state index is 0.441. The van der Waals surface area contributed by atoms with Crippen LogP contribution in [-0.4, -0.2) is 28.1 Å². The lowest BCUT2D eigenvalue weighted by molar-refractivity contribution is -0.423. The molecule has 138 valence electrons. The number of ether oxygens (including phenoxy) is 1. The first-order valence-corrected chi connectivity index (χ1v) is 7.25. The zero-order valence-electron chi connectivity index (χ0n) is 14.3. The van der Waals surface area contributed by atoms with Gasteiger partial charge in [-0.15, -0.1) is 0 Å². The lowest BCUT2D eigenvalue weighted by Crippen LogP contribution is -2.22. The van der Waals surface area contributed by atoms with Crippen LogP contribution < -0.4 is 10.1 Å². The summed E-state index contributed by atoms with van der Waals surface area (Å²) >= 11 is 0. The zero-order valence-corrected chi connectivity index (χ0v) is 14.3. The smallest absolute Gasteiger partial charge is 0.412 e. The molecule has 0 aliphatic carbocycles. The van der Waals surface area contributed by atoms with Crippen molar-refractivity contribution in [2.75, 3.05) is 7.05 Å². The molecule has 26 heavy (non-hydrogen) atoms.